The average Bonchev–Trinajstić information content (AvgIpc) is 3.29. The average molecular weight is 585 g/mol. The van der Waals surface area contributed by atoms with Crippen molar-refractivity contribution in [3.8, 4) is 0 Å². The summed E-state index contributed by atoms with van der Waals surface area (Å²) in [6.07, 6.45) is 2.52. The van der Waals surface area contributed by atoms with Crippen LogP contribution in [0.15, 0.2) is 18.3 Å². The summed E-state index contributed by atoms with van der Waals surface area (Å²) in [6, 6.07) is 1.87. The largest absolute Gasteiger partial charge is 0.343 e. The highest BCUT2D eigenvalue weighted by molar-refractivity contribution is 7.13. The van der Waals surface area contributed by atoms with Crippen LogP contribution in [0.3, 0.4) is 0 Å². The van der Waals surface area contributed by atoms with Crippen molar-refractivity contribution < 1.29 is 19.2 Å². The number of rotatable bonds is 5. The van der Waals surface area contributed by atoms with Gasteiger partial charge in [-0.1, -0.05) is 25.4 Å². The van der Waals surface area contributed by atoms with Crippen molar-refractivity contribution in [3.05, 3.63) is 38.9 Å². The lowest BCUT2D eigenvalue weighted by molar-refractivity contribution is -0.138. The summed E-state index contributed by atoms with van der Waals surface area (Å²) in [5.74, 6) is -2.18. The number of thiazole rings is 1. The number of carbonyl (C=O) groups excluding carboxylic acids is 4. The van der Waals surface area contributed by atoms with Gasteiger partial charge in [-0.2, -0.15) is 0 Å². The molecule has 2 aliphatic rings. The fraction of sp³-hybridized carbons (Fsp3) is 0.500. The molecular weight excluding hydrogens is 553 g/mol. The lowest BCUT2D eigenvalue weighted by atomic mass is 9.97. The summed E-state index contributed by atoms with van der Waals surface area (Å²) < 4.78 is 0. The van der Waals surface area contributed by atoms with Crippen LogP contribution in [-0.2, 0) is 27.3 Å². The van der Waals surface area contributed by atoms with Crippen molar-refractivity contribution in [2.24, 2.45) is 5.92 Å². The molecule has 1 saturated heterocycles. The lowest BCUT2D eigenvalue weighted by Gasteiger charge is -2.39. The number of carbonyl (C=O) groups is 4. The van der Waals surface area contributed by atoms with Crippen LogP contribution in [0.1, 0.15) is 40.6 Å². The highest BCUT2D eigenvalue weighted by Gasteiger charge is 2.36. The lowest BCUT2D eigenvalue weighted by Crippen LogP contribution is -2.62. The predicted octanol–water partition coefficient (Wildman–Crippen LogP) is 1.71. The number of amides is 4. The van der Waals surface area contributed by atoms with E-state index in [0.29, 0.717) is 23.0 Å². The first-order valence-electron chi connectivity index (χ1n) is 12.1. The summed E-state index contributed by atoms with van der Waals surface area (Å²) in [7, 11) is 2.02. The first-order valence-corrected chi connectivity index (χ1v) is 13.3. The number of hydrogen-bond donors (Lipinski definition) is 3. The number of nitrogens with one attached hydrogen (secondary N) is 3. The van der Waals surface area contributed by atoms with E-state index in [1.165, 1.54) is 23.6 Å². The van der Waals surface area contributed by atoms with E-state index >= 15 is 0 Å². The number of aromatic nitrogens is 2. The molecule has 0 unspecified atom stereocenters. The van der Waals surface area contributed by atoms with Gasteiger partial charge in [0.1, 0.15) is 5.82 Å². The minimum Gasteiger partial charge on any atom is -0.343 e. The second-order valence-corrected chi connectivity index (χ2v) is 11.1. The van der Waals surface area contributed by atoms with E-state index in [9.17, 15) is 19.2 Å². The van der Waals surface area contributed by atoms with Crippen LogP contribution in [0.5, 0.6) is 0 Å². The van der Waals surface area contributed by atoms with Crippen LogP contribution in [0.4, 0.5) is 5.82 Å². The third-order valence-corrected chi connectivity index (χ3v) is 7.65. The Hall–Kier alpha value is -2.80. The van der Waals surface area contributed by atoms with Gasteiger partial charge in [0.2, 0.25) is 5.91 Å². The number of anilines is 1. The minimum absolute atomic E-state index is 0. The Morgan fingerprint density at radius 3 is 2.55 bits per heavy atom. The van der Waals surface area contributed by atoms with Gasteiger partial charge in [0.05, 0.1) is 22.8 Å². The molecule has 2 aromatic heterocycles. The molecule has 0 bridgehead atoms. The van der Waals surface area contributed by atoms with E-state index in [2.05, 4.69) is 30.8 Å². The Bertz CT molecular complexity index is 1190. The topological polar surface area (TPSA) is 137 Å². The molecule has 4 heterocycles. The number of likely N-dealkylation sites (N-methyl/N-ethyl adjacent to an activating group) is 1. The van der Waals surface area contributed by atoms with Crippen molar-refractivity contribution in [1.29, 1.82) is 0 Å². The van der Waals surface area contributed by atoms with E-state index in [1.54, 1.807) is 11.0 Å². The molecule has 0 aliphatic carbocycles. The molecule has 11 nitrogen and oxygen atoms in total. The monoisotopic (exact) mass is 583 g/mol. The van der Waals surface area contributed by atoms with Crippen molar-refractivity contribution in [3.63, 3.8) is 0 Å². The first kappa shape index (κ1) is 29.8. The number of nitrogens with zero attached hydrogens (tertiary/aromatic N) is 4. The number of halogens is 2. The Kier molecular flexibility index (Phi) is 10.0. The van der Waals surface area contributed by atoms with Gasteiger partial charge >= 0.3 is 11.8 Å². The van der Waals surface area contributed by atoms with Gasteiger partial charge in [-0.25, -0.2) is 9.97 Å². The van der Waals surface area contributed by atoms with Gasteiger partial charge < -0.3 is 25.8 Å². The zero-order valence-corrected chi connectivity index (χ0v) is 23.7. The molecule has 2 atom stereocenters. The molecule has 38 heavy (non-hydrogen) atoms. The molecular formula is C24H31Cl2N7O4S. The number of fused-ring (bicyclic) bond motifs is 1. The molecule has 2 aromatic rings. The molecule has 4 rings (SSSR count). The molecule has 2 aliphatic heterocycles. The molecule has 1 fully saturated rings. The maximum absolute atomic E-state index is 13.2. The van der Waals surface area contributed by atoms with Crippen molar-refractivity contribution in [2.75, 3.05) is 32.0 Å². The standard InChI is InChI=1S/C24H30ClN7O4S.ClH/c1-13(2)24(36)32-9-7-15(27-20(33)21(34)30-19-5-4-14(25)10-26-19)17(11-32)28-22(35)23-29-16-6-8-31(3)12-18(16)37-23;/h4-5,10,13,15,17H,6-9,11-12H2,1-3H3,(H,27,33)(H,28,35)(H,26,30,34);1H/t15-,17+;/m0./s1. The second-order valence-electron chi connectivity index (χ2n) is 9.58. The van der Waals surface area contributed by atoms with Gasteiger partial charge in [-0.3, -0.25) is 19.2 Å². The van der Waals surface area contributed by atoms with Crippen LogP contribution in [0, 0.1) is 5.92 Å². The molecule has 0 radical (unpaired) electrons. The van der Waals surface area contributed by atoms with Crippen LogP contribution in [0.25, 0.3) is 0 Å². The van der Waals surface area contributed by atoms with Gasteiger partial charge in [0, 0.05) is 49.6 Å². The van der Waals surface area contributed by atoms with Crippen molar-refractivity contribution in [1.82, 2.24) is 30.4 Å². The number of pyridine rings is 1. The SMILES string of the molecule is CC(C)C(=O)N1CC[C@H](NC(=O)C(=O)Nc2ccc(Cl)cn2)[C@H](NC(=O)c2nc3c(s2)CN(C)CC3)C1.Cl. The number of likely N-dealkylation sites (tertiary alicyclic amines) is 1. The predicted molar refractivity (Wildman–Crippen MR) is 146 cm³/mol. The van der Waals surface area contributed by atoms with Gasteiger partial charge in [-0.15, -0.1) is 23.7 Å². The third-order valence-electron chi connectivity index (χ3n) is 6.34. The molecule has 0 saturated carbocycles. The minimum atomic E-state index is -0.891. The fourth-order valence-corrected chi connectivity index (χ4v) is 5.55. The molecule has 206 valence electrons. The van der Waals surface area contributed by atoms with Gasteiger partial charge in [-0.05, 0) is 25.6 Å². The van der Waals surface area contributed by atoms with E-state index < -0.39 is 23.9 Å². The highest BCUT2D eigenvalue weighted by atomic mass is 35.5. The Morgan fingerprint density at radius 2 is 1.87 bits per heavy atom. The zero-order valence-electron chi connectivity index (χ0n) is 21.3. The maximum atomic E-state index is 13.2. The molecule has 0 aromatic carbocycles. The van der Waals surface area contributed by atoms with Crippen molar-refractivity contribution >= 4 is 64.8 Å². The van der Waals surface area contributed by atoms with Crippen LogP contribution in [-0.4, -0.2) is 82.2 Å². The van der Waals surface area contributed by atoms with Crippen LogP contribution >= 0.6 is 35.3 Å². The van der Waals surface area contributed by atoms with Crippen LogP contribution in [0.2, 0.25) is 5.02 Å². The van der Waals surface area contributed by atoms with E-state index in [4.69, 9.17) is 11.6 Å². The maximum Gasteiger partial charge on any atom is 0.314 e. The van der Waals surface area contributed by atoms with E-state index in [1.807, 2.05) is 20.9 Å². The second kappa shape index (κ2) is 12.8. The summed E-state index contributed by atoms with van der Waals surface area (Å²) in [4.78, 5) is 64.4. The fourth-order valence-electron chi connectivity index (χ4n) is 4.34. The Balaban J connectivity index is 0.00000400. The summed E-state index contributed by atoms with van der Waals surface area (Å²) in [5.41, 5.74) is 0.936. The molecule has 14 heteroatoms. The van der Waals surface area contributed by atoms with E-state index in [-0.39, 0.29) is 42.5 Å². The Morgan fingerprint density at radius 1 is 1.11 bits per heavy atom. The van der Waals surface area contributed by atoms with Gasteiger partial charge in [0.25, 0.3) is 5.91 Å². The number of piperidine rings is 1. The molecule has 3 N–H and O–H groups in total. The van der Waals surface area contributed by atoms with Crippen LogP contribution < -0.4 is 16.0 Å². The smallest absolute Gasteiger partial charge is 0.314 e. The van der Waals surface area contributed by atoms with Crippen molar-refractivity contribution in [2.45, 2.75) is 45.3 Å². The summed E-state index contributed by atoms with van der Waals surface area (Å²) in [6.45, 7) is 5.87. The number of hydrogen-bond acceptors (Lipinski definition) is 8. The first-order chi connectivity index (χ1) is 17.6. The third kappa shape index (κ3) is 7.19. The zero-order chi connectivity index (χ0) is 26.7. The van der Waals surface area contributed by atoms with E-state index in [0.717, 1.165) is 30.1 Å². The molecule has 4 amide bonds. The summed E-state index contributed by atoms with van der Waals surface area (Å²) in [5, 5.41) is 8.86. The quantitative estimate of drug-likeness (QED) is 0.456. The molecule has 0 spiro atoms. The van der Waals surface area contributed by atoms with Gasteiger partial charge in [0.15, 0.2) is 5.01 Å². The normalized spacial score (nSPS) is 19.2. The Labute approximate surface area is 236 Å². The summed E-state index contributed by atoms with van der Waals surface area (Å²) >= 11 is 7.16. The highest BCUT2D eigenvalue weighted by Crippen LogP contribution is 2.25.